The summed E-state index contributed by atoms with van der Waals surface area (Å²) in [6.45, 7) is 0.809. The van der Waals surface area contributed by atoms with Gasteiger partial charge in [0.05, 0.1) is 11.2 Å². The van der Waals surface area contributed by atoms with E-state index in [0.717, 1.165) is 33.3 Å². The summed E-state index contributed by atoms with van der Waals surface area (Å²) in [5.74, 6) is -0.279. The summed E-state index contributed by atoms with van der Waals surface area (Å²) in [6.07, 6.45) is 2.91. The summed E-state index contributed by atoms with van der Waals surface area (Å²) in [4.78, 5) is 6.14. The SMILES string of the molecule is Cn1cc2ccc(-c3ccc(F)c(CN4Cc5ncccc5C4O)c3)cc2n1. The zero-order valence-electron chi connectivity index (χ0n) is 15.4. The van der Waals surface area contributed by atoms with Crippen LogP contribution in [0.1, 0.15) is 23.0 Å². The molecule has 0 fully saturated rings. The van der Waals surface area contributed by atoms with Gasteiger partial charge in [0, 0.05) is 49.0 Å². The van der Waals surface area contributed by atoms with Crippen molar-refractivity contribution in [3.8, 4) is 11.1 Å². The number of aromatic nitrogens is 3. The van der Waals surface area contributed by atoms with Crippen molar-refractivity contribution in [1.29, 1.82) is 0 Å². The Morgan fingerprint density at radius 2 is 1.96 bits per heavy atom. The van der Waals surface area contributed by atoms with Crippen LogP contribution in [0.25, 0.3) is 22.0 Å². The monoisotopic (exact) mass is 374 g/mol. The van der Waals surface area contributed by atoms with Gasteiger partial charge in [0.25, 0.3) is 0 Å². The second kappa shape index (κ2) is 6.51. The van der Waals surface area contributed by atoms with Crippen LogP contribution >= 0.6 is 0 Å². The van der Waals surface area contributed by atoms with Gasteiger partial charge in [-0.3, -0.25) is 14.6 Å². The van der Waals surface area contributed by atoms with Gasteiger partial charge in [-0.1, -0.05) is 24.3 Å². The molecule has 0 saturated heterocycles. The maximum Gasteiger partial charge on any atom is 0.136 e. The molecule has 2 aromatic carbocycles. The van der Waals surface area contributed by atoms with Crippen LogP contribution in [0.3, 0.4) is 0 Å². The number of aryl methyl sites for hydroxylation is 1. The minimum atomic E-state index is -0.767. The summed E-state index contributed by atoms with van der Waals surface area (Å²) < 4.78 is 16.3. The number of hydrogen-bond acceptors (Lipinski definition) is 4. The summed E-state index contributed by atoms with van der Waals surface area (Å²) >= 11 is 0. The van der Waals surface area contributed by atoms with Crippen LogP contribution in [0, 0.1) is 5.82 Å². The molecular formula is C22H19FN4O. The molecule has 1 aliphatic heterocycles. The fraction of sp³-hybridized carbons (Fsp3) is 0.182. The van der Waals surface area contributed by atoms with E-state index in [1.54, 1.807) is 23.0 Å². The zero-order valence-corrected chi connectivity index (χ0v) is 15.4. The highest BCUT2D eigenvalue weighted by molar-refractivity contribution is 5.84. The molecule has 3 heterocycles. The quantitative estimate of drug-likeness (QED) is 0.593. The fourth-order valence-corrected chi connectivity index (χ4v) is 3.85. The highest BCUT2D eigenvalue weighted by Gasteiger charge is 2.29. The average Bonchev–Trinajstić information content (AvgIpc) is 3.22. The van der Waals surface area contributed by atoms with E-state index in [1.165, 1.54) is 6.07 Å². The van der Waals surface area contributed by atoms with E-state index in [1.807, 2.05) is 48.5 Å². The largest absolute Gasteiger partial charge is 0.374 e. The van der Waals surface area contributed by atoms with Crippen LogP contribution in [0.2, 0.25) is 0 Å². The molecule has 0 aliphatic carbocycles. The van der Waals surface area contributed by atoms with E-state index >= 15 is 0 Å². The summed E-state index contributed by atoms with van der Waals surface area (Å²) in [5.41, 5.74) is 4.99. The molecule has 1 aliphatic rings. The molecule has 0 bridgehead atoms. The van der Waals surface area contributed by atoms with E-state index in [4.69, 9.17) is 0 Å². The minimum absolute atomic E-state index is 0.279. The van der Waals surface area contributed by atoms with Crippen molar-refractivity contribution in [3.05, 3.63) is 83.6 Å². The minimum Gasteiger partial charge on any atom is -0.374 e. The number of rotatable bonds is 3. The van der Waals surface area contributed by atoms with Crippen LogP contribution < -0.4 is 0 Å². The van der Waals surface area contributed by atoms with E-state index in [-0.39, 0.29) is 5.82 Å². The molecule has 0 amide bonds. The molecule has 5 rings (SSSR count). The molecule has 1 N–H and O–H groups in total. The van der Waals surface area contributed by atoms with Crippen molar-refractivity contribution in [2.45, 2.75) is 19.3 Å². The third-order valence-electron chi connectivity index (χ3n) is 5.28. The number of fused-ring (bicyclic) bond motifs is 2. The van der Waals surface area contributed by atoms with Crippen molar-refractivity contribution >= 4 is 10.9 Å². The molecule has 6 heteroatoms. The summed E-state index contributed by atoms with van der Waals surface area (Å²) in [5, 5.41) is 16.1. The lowest BCUT2D eigenvalue weighted by Gasteiger charge is -2.20. The van der Waals surface area contributed by atoms with Gasteiger partial charge in [-0.2, -0.15) is 5.10 Å². The first-order valence-electron chi connectivity index (χ1n) is 9.16. The molecule has 5 nitrogen and oxygen atoms in total. The Morgan fingerprint density at radius 3 is 2.82 bits per heavy atom. The molecule has 2 aromatic heterocycles. The lowest BCUT2D eigenvalue weighted by atomic mass is 10.0. The van der Waals surface area contributed by atoms with E-state index < -0.39 is 6.23 Å². The Labute approximate surface area is 161 Å². The molecular weight excluding hydrogens is 355 g/mol. The number of nitrogens with zero attached hydrogens (tertiary/aromatic N) is 4. The van der Waals surface area contributed by atoms with E-state index in [0.29, 0.717) is 18.7 Å². The molecule has 4 aromatic rings. The van der Waals surface area contributed by atoms with Crippen LogP contribution in [0.15, 0.2) is 60.9 Å². The molecule has 1 atom stereocenters. The Kier molecular flexibility index (Phi) is 3.96. The second-order valence-electron chi connectivity index (χ2n) is 7.20. The average molecular weight is 374 g/mol. The first-order valence-corrected chi connectivity index (χ1v) is 9.16. The van der Waals surface area contributed by atoms with Gasteiger partial charge in [0.15, 0.2) is 0 Å². The number of aliphatic hydroxyl groups excluding tert-OH is 1. The molecule has 0 spiro atoms. The standard InChI is InChI=1S/C22H19FN4O/c1-26-11-16-5-4-15(10-20(16)25-26)14-6-7-19(23)17(9-14)12-27-13-21-18(22(27)28)3-2-8-24-21/h2-11,22,28H,12-13H2,1H3. The molecule has 0 radical (unpaired) electrons. The molecule has 0 saturated carbocycles. The van der Waals surface area contributed by atoms with Gasteiger partial charge in [0.1, 0.15) is 12.0 Å². The van der Waals surface area contributed by atoms with Crippen molar-refractivity contribution in [1.82, 2.24) is 19.7 Å². The Morgan fingerprint density at radius 1 is 1.14 bits per heavy atom. The second-order valence-corrected chi connectivity index (χ2v) is 7.20. The van der Waals surface area contributed by atoms with Crippen molar-refractivity contribution in [2.24, 2.45) is 7.05 Å². The van der Waals surface area contributed by atoms with E-state index in [2.05, 4.69) is 10.1 Å². The Hall–Kier alpha value is -3.09. The highest BCUT2D eigenvalue weighted by atomic mass is 19.1. The third-order valence-corrected chi connectivity index (χ3v) is 5.28. The van der Waals surface area contributed by atoms with Gasteiger partial charge in [-0.25, -0.2) is 4.39 Å². The molecule has 28 heavy (non-hydrogen) atoms. The third kappa shape index (κ3) is 2.87. The Balaban J connectivity index is 1.46. The normalized spacial score (nSPS) is 16.6. The van der Waals surface area contributed by atoms with Gasteiger partial charge in [0.2, 0.25) is 0 Å². The van der Waals surface area contributed by atoms with Crippen LogP contribution in [0.5, 0.6) is 0 Å². The highest BCUT2D eigenvalue weighted by Crippen LogP contribution is 2.33. The van der Waals surface area contributed by atoms with Gasteiger partial charge in [-0.15, -0.1) is 0 Å². The maximum absolute atomic E-state index is 14.5. The van der Waals surface area contributed by atoms with Crippen LogP contribution in [-0.2, 0) is 20.1 Å². The lowest BCUT2D eigenvalue weighted by molar-refractivity contribution is 0.00695. The smallest absolute Gasteiger partial charge is 0.136 e. The first-order chi connectivity index (χ1) is 13.6. The van der Waals surface area contributed by atoms with Gasteiger partial charge >= 0.3 is 0 Å². The van der Waals surface area contributed by atoms with Crippen molar-refractivity contribution in [2.75, 3.05) is 0 Å². The summed E-state index contributed by atoms with van der Waals surface area (Å²) in [7, 11) is 1.89. The topological polar surface area (TPSA) is 54.2 Å². The van der Waals surface area contributed by atoms with Gasteiger partial charge < -0.3 is 5.11 Å². The zero-order chi connectivity index (χ0) is 19.3. The van der Waals surface area contributed by atoms with Crippen molar-refractivity contribution in [3.63, 3.8) is 0 Å². The van der Waals surface area contributed by atoms with Crippen LogP contribution in [-0.4, -0.2) is 24.8 Å². The number of aliphatic hydroxyl groups is 1. The maximum atomic E-state index is 14.5. The number of pyridine rings is 1. The molecule has 1 unspecified atom stereocenters. The van der Waals surface area contributed by atoms with Crippen LogP contribution in [0.4, 0.5) is 4.39 Å². The Bertz CT molecular complexity index is 1190. The van der Waals surface area contributed by atoms with E-state index in [9.17, 15) is 9.50 Å². The first kappa shape index (κ1) is 17.0. The predicted octanol–water partition coefficient (Wildman–Crippen LogP) is 3.78. The molecule has 140 valence electrons. The summed E-state index contributed by atoms with van der Waals surface area (Å²) in [6, 6.07) is 14.8. The number of benzene rings is 2. The number of halogens is 1. The lowest BCUT2D eigenvalue weighted by Crippen LogP contribution is -2.22. The van der Waals surface area contributed by atoms with Crippen molar-refractivity contribution < 1.29 is 9.50 Å². The van der Waals surface area contributed by atoms with Gasteiger partial charge in [-0.05, 0) is 35.4 Å². The fourth-order valence-electron chi connectivity index (χ4n) is 3.85. The number of hydrogen-bond donors (Lipinski definition) is 1. The predicted molar refractivity (Wildman–Crippen MR) is 105 cm³/mol.